The third kappa shape index (κ3) is 1.30. The summed E-state index contributed by atoms with van der Waals surface area (Å²) in [5.74, 6) is 0. The van der Waals surface area contributed by atoms with E-state index in [2.05, 4.69) is 18.7 Å². The molecule has 2 N–H and O–H groups in total. The van der Waals surface area contributed by atoms with Gasteiger partial charge < -0.3 is 5.73 Å². The maximum atomic E-state index is 5.41. The van der Waals surface area contributed by atoms with Crippen molar-refractivity contribution in [2.24, 2.45) is 5.73 Å². The average Bonchev–Trinajstić information content (AvgIpc) is 2.34. The first-order valence-electron chi connectivity index (χ1n) is 3.08. The molecule has 1 heteroatoms. The first-order chi connectivity index (χ1) is 4.36. The Balaban J connectivity index is 2.52. The second kappa shape index (κ2) is 2.65. The van der Waals surface area contributed by atoms with Gasteiger partial charge in [-0.1, -0.05) is 30.4 Å². The number of hydrogen-bond acceptors (Lipinski definition) is 1. The smallest absolute Gasteiger partial charge is 0.0143 e. The van der Waals surface area contributed by atoms with Crippen molar-refractivity contribution in [1.29, 1.82) is 0 Å². The van der Waals surface area contributed by atoms with E-state index >= 15 is 0 Å². The van der Waals surface area contributed by atoms with Crippen LogP contribution in [0.5, 0.6) is 0 Å². The van der Waals surface area contributed by atoms with Crippen molar-refractivity contribution in [3.05, 3.63) is 36.0 Å². The highest BCUT2D eigenvalue weighted by Crippen LogP contribution is 2.17. The minimum absolute atomic E-state index is 0.674. The van der Waals surface area contributed by atoms with Crippen LogP contribution in [-0.4, -0.2) is 6.54 Å². The summed E-state index contributed by atoms with van der Waals surface area (Å²) in [6, 6.07) is 0. The summed E-state index contributed by atoms with van der Waals surface area (Å²) < 4.78 is 0. The van der Waals surface area contributed by atoms with Crippen molar-refractivity contribution >= 4 is 0 Å². The van der Waals surface area contributed by atoms with Crippen LogP contribution in [0.3, 0.4) is 0 Å². The van der Waals surface area contributed by atoms with Crippen LogP contribution in [0, 0.1) is 0 Å². The molecule has 1 aliphatic rings. The SMILES string of the molecule is C=CC1=CC=C(CN)C1. The zero-order valence-electron chi connectivity index (χ0n) is 5.43. The third-order valence-electron chi connectivity index (χ3n) is 1.49. The number of allylic oxidation sites excluding steroid dienone is 4. The Hall–Kier alpha value is -0.820. The van der Waals surface area contributed by atoms with Gasteiger partial charge in [-0.05, 0) is 12.0 Å². The Kier molecular flexibility index (Phi) is 1.85. The molecule has 0 aromatic carbocycles. The van der Waals surface area contributed by atoms with Crippen molar-refractivity contribution in [2.45, 2.75) is 6.42 Å². The quantitative estimate of drug-likeness (QED) is 0.587. The molecule has 0 atom stereocenters. The van der Waals surface area contributed by atoms with Gasteiger partial charge in [0, 0.05) is 6.54 Å². The highest BCUT2D eigenvalue weighted by Gasteiger charge is 2.01. The van der Waals surface area contributed by atoms with Crippen molar-refractivity contribution in [2.75, 3.05) is 6.54 Å². The predicted octanol–water partition coefficient (Wildman–Crippen LogP) is 1.39. The summed E-state index contributed by atoms with van der Waals surface area (Å²) in [6.07, 6.45) is 7.01. The third-order valence-corrected chi connectivity index (χ3v) is 1.49. The van der Waals surface area contributed by atoms with Crippen LogP contribution in [0.4, 0.5) is 0 Å². The molecule has 0 spiro atoms. The predicted molar refractivity (Wildman–Crippen MR) is 40.0 cm³/mol. The average molecular weight is 121 g/mol. The molecule has 48 valence electrons. The standard InChI is InChI=1S/C8H11N/c1-2-7-3-4-8(5-7)6-9/h2-4H,1,5-6,9H2. The summed E-state index contributed by atoms with van der Waals surface area (Å²) in [5.41, 5.74) is 7.98. The second-order valence-corrected chi connectivity index (χ2v) is 2.15. The van der Waals surface area contributed by atoms with E-state index < -0.39 is 0 Å². The molecule has 0 heterocycles. The molecule has 1 rings (SSSR count). The van der Waals surface area contributed by atoms with E-state index in [9.17, 15) is 0 Å². The lowest BCUT2D eigenvalue weighted by Crippen LogP contribution is -2.00. The molecule has 0 radical (unpaired) electrons. The van der Waals surface area contributed by atoms with Crippen LogP contribution in [0.25, 0.3) is 0 Å². The summed E-state index contributed by atoms with van der Waals surface area (Å²) in [5, 5.41) is 0. The van der Waals surface area contributed by atoms with Gasteiger partial charge in [0.15, 0.2) is 0 Å². The number of rotatable bonds is 2. The minimum atomic E-state index is 0.674. The molecule has 0 aliphatic heterocycles. The van der Waals surface area contributed by atoms with Crippen molar-refractivity contribution < 1.29 is 0 Å². The van der Waals surface area contributed by atoms with Gasteiger partial charge in [0.25, 0.3) is 0 Å². The summed E-state index contributed by atoms with van der Waals surface area (Å²) >= 11 is 0. The summed E-state index contributed by atoms with van der Waals surface area (Å²) in [6.45, 7) is 4.34. The van der Waals surface area contributed by atoms with E-state index in [1.54, 1.807) is 0 Å². The van der Waals surface area contributed by atoms with Crippen LogP contribution in [0.1, 0.15) is 6.42 Å². The minimum Gasteiger partial charge on any atom is -0.327 e. The molecule has 0 saturated carbocycles. The number of nitrogens with two attached hydrogens (primary N) is 1. The van der Waals surface area contributed by atoms with Crippen LogP contribution in [-0.2, 0) is 0 Å². The van der Waals surface area contributed by atoms with Crippen LogP contribution in [0.2, 0.25) is 0 Å². The second-order valence-electron chi connectivity index (χ2n) is 2.15. The molecule has 0 saturated heterocycles. The fourth-order valence-electron chi connectivity index (χ4n) is 0.885. The Labute approximate surface area is 55.6 Å². The van der Waals surface area contributed by atoms with Gasteiger partial charge in [-0.3, -0.25) is 0 Å². The highest BCUT2D eigenvalue weighted by atomic mass is 14.5. The Morgan fingerprint density at radius 3 is 2.78 bits per heavy atom. The maximum Gasteiger partial charge on any atom is 0.0143 e. The van der Waals surface area contributed by atoms with Gasteiger partial charge in [-0.15, -0.1) is 0 Å². The fraction of sp³-hybridized carbons (Fsp3) is 0.250. The van der Waals surface area contributed by atoms with Gasteiger partial charge in [0.2, 0.25) is 0 Å². The normalized spacial score (nSPS) is 17.0. The van der Waals surface area contributed by atoms with E-state index in [-0.39, 0.29) is 0 Å². The van der Waals surface area contributed by atoms with Gasteiger partial charge in [0.1, 0.15) is 0 Å². The molecule has 0 aromatic rings. The first kappa shape index (κ1) is 6.30. The lowest BCUT2D eigenvalue weighted by atomic mass is 10.1. The summed E-state index contributed by atoms with van der Waals surface area (Å²) in [7, 11) is 0. The van der Waals surface area contributed by atoms with Gasteiger partial charge >= 0.3 is 0 Å². The Morgan fingerprint density at radius 2 is 2.44 bits per heavy atom. The molecule has 0 unspecified atom stereocenters. The van der Waals surface area contributed by atoms with Gasteiger partial charge in [0.05, 0.1) is 0 Å². The van der Waals surface area contributed by atoms with Crippen LogP contribution in [0.15, 0.2) is 36.0 Å². The van der Waals surface area contributed by atoms with Gasteiger partial charge in [-0.25, -0.2) is 0 Å². The van der Waals surface area contributed by atoms with E-state index in [1.807, 2.05) is 6.08 Å². The van der Waals surface area contributed by atoms with Crippen molar-refractivity contribution in [3.63, 3.8) is 0 Å². The molecule has 1 nitrogen and oxygen atoms in total. The molecule has 0 fully saturated rings. The Morgan fingerprint density at radius 1 is 1.67 bits per heavy atom. The zero-order valence-corrected chi connectivity index (χ0v) is 5.43. The molecular weight excluding hydrogens is 110 g/mol. The molecule has 0 aromatic heterocycles. The molecule has 1 aliphatic carbocycles. The lowest BCUT2D eigenvalue weighted by molar-refractivity contribution is 1.07. The summed E-state index contributed by atoms with van der Waals surface area (Å²) in [4.78, 5) is 0. The van der Waals surface area contributed by atoms with Crippen LogP contribution >= 0.6 is 0 Å². The van der Waals surface area contributed by atoms with Crippen molar-refractivity contribution in [3.8, 4) is 0 Å². The van der Waals surface area contributed by atoms with E-state index in [4.69, 9.17) is 5.73 Å². The lowest BCUT2D eigenvalue weighted by Gasteiger charge is -1.94. The fourth-order valence-corrected chi connectivity index (χ4v) is 0.885. The van der Waals surface area contributed by atoms with Crippen molar-refractivity contribution in [1.82, 2.24) is 0 Å². The van der Waals surface area contributed by atoms with E-state index in [0.717, 1.165) is 6.42 Å². The first-order valence-corrected chi connectivity index (χ1v) is 3.08. The van der Waals surface area contributed by atoms with E-state index in [0.29, 0.717) is 6.54 Å². The highest BCUT2D eigenvalue weighted by molar-refractivity contribution is 5.36. The zero-order chi connectivity index (χ0) is 6.69. The molecular formula is C8H11N. The molecule has 9 heavy (non-hydrogen) atoms. The Bertz CT molecular complexity index is 175. The maximum absolute atomic E-state index is 5.41. The number of hydrogen-bond donors (Lipinski definition) is 1. The topological polar surface area (TPSA) is 26.0 Å². The molecule has 0 amide bonds. The van der Waals surface area contributed by atoms with Gasteiger partial charge in [-0.2, -0.15) is 0 Å². The monoisotopic (exact) mass is 121 g/mol. The molecule has 0 bridgehead atoms. The van der Waals surface area contributed by atoms with E-state index in [1.165, 1.54) is 11.1 Å². The largest absolute Gasteiger partial charge is 0.327 e. The van der Waals surface area contributed by atoms with Crippen LogP contribution < -0.4 is 5.73 Å².